The van der Waals surface area contributed by atoms with E-state index in [1.54, 1.807) is 18.7 Å². The summed E-state index contributed by atoms with van der Waals surface area (Å²) in [6.45, 7) is 4.42. The van der Waals surface area contributed by atoms with Crippen LogP contribution in [0.2, 0.25) is 0 Å². The first-order valence-electron chi connectivity index (χ1n) is 6.25. The normalized spacial score (nSPS) is 20.3. The van der Waals surface area contributed by atoms with Crippen LogP contribution in [0.5, 0.6) is 0 Å². The summed E-state index contributed by atoms with van der Waals surface area (Å²) >= 11 is 0. The summed E-state index contributed by atoms with van der Waals surface area (Å²) in [5.74, 6) is -0.989. The minimum absolute atomic E-state index is 0.278. The van der Waals surface area contributed by atoms with Crippen molar-refractivity contribution in [2.45, 2.75) is 44.8 Å². The highest BCUT2D eigenvalue weighted by atomic mass is 16.4. The van der Waals surface area contributed by atoms with E-state index in [2.05, 4.69) is 0 Å². The monoisotopic (exact) mass is 258 g/mol. The molecule has 2 N–H and O–H groups in total. The molecular weight excluding hydrogens is 236 g/mol. The molecular formula is C12H22N2O4. The van der Waals surface area contributed by atoms with Crippen LogP contribution in [-0.4, -0.2) is 63.8 Å². The summed E-state index contributed by atoms with van der Waals surface area (Å²) in [6.07, 6.45) is 1.43. The highest BCUT2D eigenvalue weighted by molar-refractivity contribution is 5.82. The maximum atomic E-state index is 12.1. The molecule has 6 heteroatoms. The van der Waals surface area contributed by atoms with E-state index in [-0.39, 0.29) is 6.03 Å². The fraction of sp³-hybridized carbons (Fsp3) is 0.833. The summed E-state index contributed by atoms with van der Waals surface area (Å²) in [5.41, 5.74) is -0.716. The number of rotatable bonds is 3. The van der Waals surface area contributed by atoms with Gasteiger partial charge in [-0.1, -0.05) is 6.92 Å². The van der Waals surface area contributed by atoms with Gasteiger partial charge in [0.15, 0.2) is 0 Å². The highest BCUT2D eigenvalue weighted by Gasteiger charge is 2.33. The minimum atomic E-state index is -0.989. The van der Waals surface area contributed by atoms with Crippen LogP contribution in [0.1, 0.15) is 33.1 Å². The zero-order chi connectivity index (χ0) is 13.9. The molecule has 1 saturated heterocycles. The van der Waals surface area contributed by atoms with Crippen molar-refractivity contribution in [3.05, 3.63) is 0 Å². The summed E-state index contributed by atoms with van der Waals surface area (Å²) in [5, 5.41) is 18.8. The Morgan fingerprint density at radius 1 is 1.39 bits per heavy atom. The predicted molar refractivity (Wildman–Crippen MR) is 66.3 cm³/mol. The molecule has 6 nitrogen and oxygen atoms in total. The van der Waals surface area contributed by atoms with Crippen LogP contribution in [0, 0.1) is 0 Å². The summed E-state index contributed by atoms with van der Waals surface area (Å²) in [6, 6.07) is -1.07. The SMILES string of the molecule is CCC(C(=O)O)N(C)C(=O)N1CCC(C)(O)CC1. The lowest BCUT2D eigenvalue weighted by atomic mass is 9.94. The van der Waals surface area contributed by atoms with Gasteiger partial charge in [0.05, 0.1) is 5.60 Å². The molecule has 0 aliphatic carbocycles. The predicted octanol–water partition coefficient (Wildman–Crippen LogP) is 0.748. The Labute approximate surface area is 107 Å². The van der Waals surface area contributed by atoms with Crippen molar-refractivity contribution in [2.24, 2.45) is 0 Å². The molecule has 0 aromatic carbocycles. The lowest BCUT2D eigenvalue weighted by molar-refractivity contribution is -0.142. The van der Waals surface area contributed by atoms with Gasteiger partial charge in [-0.25, -0.2) is 9.59 Å². The number of hydrogen-bond donors (Lipinski definition) is 2. The van der Waals surface area contributed by atoms with E-state index < -0.39 is 17.6 Å². The van der Waals surface area contributed by atoms with Crippen molar-refractivity contribution >= 4 is 12.0 Å². The van der Waals surface area contributed by atoms with Gasteiger partial charge in [0.2, 0.25) is 0 Å². The van der Waals surface area contributed by atoms with E-state index in [9.17, 15) is 14.7 Å². The Morgan fingerprint density at radius 2 is 1.89 bits per heavy atom. The Bertz CT molecular complexity index is 320. The maximum Gasteiger partial charge on any atom is 0.326 e. The second-order valence-electron chi connectivity index (χ2n) is 5.14. The number of aliphatic hydroxyl groups is 1. The zero-order valence-electron chi connectivity index (χ0n) is 11.2. The largest absolute Gasteiger partial charge is 0.480 e. The molecule has 0 radical (unpaired) electrons. The fourth-order valence-corrected chi connectivity index (χ4v) is 2.15. The smallest absolute Gasteiger partial charge is 0.326 e. The zero-order valence-corrected chi connectivity index (χ0v) is 11.2. The van der Waals surface area contributed by atoms with Crippen LogP contribution in [0.25, 0.3) is 0 Å². The van der Waals surface area contributed by atoms with Crippen LogP contribution < -0.4 is 0 Å². The van der Waals surface area contributed by atoms with Crippen molar-refractivity contribution in [1.82, 2.24) is 9.80 Å². The number of hydrogen-bond acceptors (Lipinski definition) is 3. The van der Waals surface area contributed by atoms with Gasteiger partial charge in [-0.3, -0.25) is 0 Å². The number of carbonyl (C=O) groups is 2. The quantitative estimate of drug-likeness (QED) is 0.782. The molecule has 1 atom stereocenters. The van der Waals surface area contributed by atoms with E-state index in [1.807, 2.05) is 0 Å². The molecule has 1 aliphatic rings. The number of carboxylic acids is 1. The Morgan fingerprint density at radius 3 is 2.28 bits per heavy atom. The van der Waals surface area contributed by atoms with Gasteiger partial charge in [0, 0.05) is 20.1 Å². The number of nitrogens with zero attached hydrogens (tertiary/aromatic N) is 2. The van der Waals surface area contributed by atoms with Crippen LogP contribution >= 0.6 is 0 Å². The number of aliphatic carboxylic acids is 1. The molecule has 1 aliphatic heterocycles. The standard InChI is InChI=1S/C12H22N2O4/c1-4-9(10(15)16)13(3)11(17)14-7-5-12(2,18)6-8-14/h9,18H,4-8H2,1-3H3,(H,15,16). The lowest BCUT2D eigenvalue weighted by Crippen LogP contribution is -2.53. The second-order valence-corrected chi connectivity index (χ2v) is 5.14. The van der Waals surface area contributed by atoms with Gasteiger partial charge in [-0.05, 0) is 26.2 Å². The Kier molecular flexibility index (Phi) is 4.56. The first kappa shape index (κ1) is 14.8. The number of likely N-dealkylation sites (N-methyl/N-ethyl adjacent to an activating group) is 1. The molecule has 18 heavy (non-hydrogen) atoms. The summed E-state index contributed by atoms with van der Waals surface area (Å²) < 4.78 is 0. The molecule has 104 valence electrons. The molecule has 1 fully saturated rings. The first-order chi connectivity index (χ1) is 8.28. The van der Waals surface area contributed by atoms with E-state index in [0.717, 1.165) is 0 Å². The summed E-state index contributed by atoms with van der Waals surface area (Å²) in [4.78, 5) is 26.0. The van der Waals surface area contributed by atoms with Crippen LogP contribution in [-0.2, 0) is 4.79 Å². The van der Waals surface area contributed by atoms with Crippen LogP contribution in [0.4, 0.5) is 4.79 Å². The lowest BCUT2D eigenvalue weighted by Gasteiger charge is -2.38. The molecule has 0 saturated carbocycles. The van der Waals surface area contributed by atoms with E-state index >= 15 is 0 Å². The van der Waals surface area contributed by atoms with Crippen LogP contribution in [0.15, 0.2) is 0 Å². The van der Waals surface area contributed by atoms with Gasteiger partial charge in [-0.15, -0.1) is 0 Å². The van der Waals surface area contributed by atoms with Crippen molar-refractivity contribution in [2.75, 3.05) is 20.1 Å². The maximum absolute atomic E-state index is 12.1. The highest BCUT2D eigenvalue weighted by Crippen LogP contribution is 2.22. The molecule has 1 rings (SSSR count). The Hall–Kier alpha value is -1.30. The number of carboxylic acid groups (broad SMARTS) is 1. The summed E-state index contributed by atoms with van der Waals surface area (Å²) in [7, 11) is 1.51. The average Bonchev–Trinajstić information content (AvgIpc) is 2.28. The Balaban J connectivity index is 2.62. The van der Waals surface area contributed by atoms with E-state index in [0.29, 0.717) is 32.4 Å². The van der Waals surface area contributed by atoms with Crippen LogP contribution in [0.3, 0.4) is 0 Å². The van der Waals surface area contributed by atoms with Gasteiger partial charge in [0.25, 0.3) is 0 Å². The number of amides is 2. The molecule has 0 spiro atoms. The number of likely N-dealkylation sites (tertiary alicyclic amines) is 1. The minimum Gasteiger partial charge on any atom is -0.480 e. The van der Waals surface area contributed by atoms with Crippen molar-refractivity contribution < 1.29 is 19.8 Å². The molecule has 1 unspecified atom stereocenters. The molecule has 0 aromatic rings. The van der Waals surface area contributed by atoms with Gasteiger partial charge < -0.3 is 20.0 Å². The topological polar surface area (TPSA) is 81.1 Å². The third kappa shape index (κ3) is 3.35. The van der Waals surface area contributed by atoms with Crippen molar-refractivity contribution in [3.63, 3.8) is 0 Å². The number of piperidine rings is 1. The molecule has 0 bridgehead atoms. The van der Waals surface area contributed by atoms with E-state index in [1.165, 1.54) is 11.9 Å². The molecule has 2 amide bonds. The van der Waals surface area contributed by atoms with Crippen molar-refractivity contribution in [3.8, 4) is 0 Å². The molecule has 1 heterocycles. The van der Waals surface area contributed by atoms with Gasteiger partial charge in [0.1, 0.15) is 6.04 Å². The second kappa shape index (κ2) is 5.56. The number of urea groups is 1. The molecule has 0 aromatic heterocycles. The number of carbonyl (C=O) groups excluding carboxylic acids is 1. The fourth-order valence-electron chi connectivity index (χ4n) is 2.15. The third-order valence-electron chi connectivity index (χ3n) is 3.55. The van der Waals surface area contributed by atoms with Gasteiger partial charge >= 0.3 is 12.0 Å². The average molecular weight is 258 g/mol. The van der Waals surface area contributed by atoms with Gasteiger partial charge in [-0.2, -0.15) is 0 Å². The van der Waals surface area contributed by atoms with E-state index in [4.69, 9.17) is 5.11 Å². The third-order valence-corrected chi connectivity index (χ3v) is 3.55. The first-order valence-corrected chi connectivity index (χ1v) is 6.25. The van der Waals surface area contributed by atoms with Crippen molar-refractivity contribution in [1.29, 1.82) is 0 Å².